The first-order chi connectivity index (χ1) is 9.49. The molecular weight excluding hydrogens is 258 g/mol. The maximum Gasteiger partial charge on any atom is 0.337 e. The Morgan fingerprint density at radius 1 is 1.25 bits per heavy atom. The van der Waals surface area contributed by atoms with Crippen LogP contribution in [0.5, 0.6) is 0 Å². The molecule has 1 fully saturated rings. The quantitative estimate of drug-likeness (QED) is 0.659. The maximum atomic E-state index is 11.8. The monoisotopic (exact) mass is 275 g/mol. The second-order valence-corrected chi connectivity index (χ2v) is 5.04. The van der Waals surface area contributed by atoms with Crippen LogP contribution in [0, 0.1) is 12.8 Å². The van der Waals surface area contributed by atoms with E-state index in [2.05, 4.69) is 10.1 Å². The first-order valence-electron chi connectivity index (χ1n) is 6.52. The van der Waals surface area contributed by atoms with Gasteiger partial charge >= 0.3 is 5.97 Å². The summed E-state index contributed by atoms with van der Waals surface area (Å²) in [6.45, 7) is 1.82. The minimum atomic E-state index is -0.460. The predicted molar refractivity (Wildman–Crippen MR) is 73.5 cm³/mol. The molecule has 0 heterocycles. The van der Waals surface area contributed by atoms with Crippen molar-refractivity contribution in [1.29, 1.82) is 0 Å². The Morgan fingerprint density at radius 3 is 2.55 bits per heavy atom. The summed E-state index contributed by atoms with van der Waals surface area (Å²) in [7, 11) is 1.30. The van der Waals surface area contributed by atoms with Gasteiger partial charge in [0.2, 0.25) is 5.91 Å². The first-order valence-corrected chi connectivity index (χ1v) is 6.52. The number of ketones is 1. The summed E-state index contributed by atoms with van der Waals surface area (Å²) < 4.78 is 4.65. The number of carbonyl (C=O) groups excluding carboxylic acids is 3. The first kappa shape index (κ1) is 14.2. The zero-order chi connectivity index (χ0) is 14.7. The van der Waals surface area contributed by atoms with E-state index >= 15 is 0 Å². The Bertz CT molecular complexity index is 561. The number of Topliss-reactive ketones (excluding diaryl/α,β-unsaturated/α-hetero) is 1. The molecule has 0 aromatic heterocycles. The van der Waals surface area contributed by atoms with E-state index in [0.717, 1.165) is 18.4 Å². The molecule has 0 unspecified atom stereocenters. The minimum Gasteiger partial charge on any atom is -0.465 e. The Hall–Kier alpha value is -2.17. The van der Waals surface area contributed by atoms with Crippen LogP contribution in [0.1, 0.15) is 35.2 Å². The number of hydrogen-bond donors (Lipinski definition) is 1. The molecule has 0 atom stereocenters. The number of aryl methyl sites for hydroxylation is 1. The predicted octanol–water partition coefficient (Wildman–Crippen LogP) is 2.09. The summed E-state index contributed by atoms with van der Waals surface area (Å²) in [5, 5.41) is 2.65. The molecule has 0 bridgehead atoms. The number of nitrogens with one attached hydrogen (secondary N) is 1. The van der Waals surface area contributed by atoms with Crippen molar-refractivity contribution in [3.63, 3.8) is 0 Å². The van der Waals surface area contributed by atoms with Crippen molar-refractivity contribution in [3.8, 4) is 0 Å². The molecule has 1 aromatic rings. The molecule has 5 nitrogen and oxygen atoms in total. The number of rotatable bonds is 5. The van der Waals surface area contributed by atoms with Gasteiger partial charge in [0.15, 0.2) is 0 Å². The molecule has 2 rings (SSSR count). The average molecular weight is 275 g/mol. The molecule has 1 N–H and O–H groups in total. The molecule has 1 saturated carbocycles. The van der Waals surface area contributed by atoms with Crippen LogP contribution >= 0.6 is 0 Å². The summed E-state index contributed by atoms with van der Waals surface area (Å²) >= 11 is 0. The maximum absolute atomic E-state index is 11.8. The number of carbonyl (C=O) groups is 3. The Morgan fingerprint density at radius 2 is 1.95 bits per heavy atom. The van der Waals surface area contributed by atoms with Crippen LogP contribution < -0.4 is 5.32 Å². The lowest BCUT2D eigenvalue weighted by atomic mass is 10.1. The van der Waals surface area contributed by atoms with Crippen LogP contribution in [0.2, 0.25) is 0 Å². The third-order valence-corrected chi connectivity index (χ3v) is 3.15. The lowest BCUT2D eigenvalue weighted by molar-refractivity contribution is -0.126. The molecule has 106 valence electrons. The van der Waals surface area contributed by atoms with Gasteiger partial charge in [-0.15, -0.1) is 0 Å². The van der Waals surface area contributed by atoms with E-state index in [1.807, 2.05) is 6.92 Å². The van der Waals surface area contributed by atoms with Gasteiger partial charge in [-0.2, -0.15) is 0 Å². The van der Waals surface area contributed by atoms with Gasteiger partial charge in [0, 0.05) is 11.6 Å². The Labute approximate surface area is 117 Å². The number of anilines is 1. The van der Waals surface area contributed by atoms with Crippen LogP contribution in [0.25, 0.3) is 0 Å². The lowest BCUT2D eigenvalue weighted by Gasteiger charge is -2.08. The van der Waals surface area contributed by atoms with Crippen LogP contribution in [-0.2, 0) is 14.3 Å². The highest BCUT2D eigenvalue weighted by atomic mass is 16.5. The fraction of sp³-hybridized carbons (Fsp3) is 0.400. The van der Waals surface area contributed by atoms with Crippen molar-refractivity contribution in [3.05, 3.63) is 29.3 Å². The fourth-order valence-electron chi connectivity index (χ4n) is 2.00. The van der Waals surface area contributed by atoms with Gasteiger partial charge in [0.25, 0.3) is 0 Å². The van der Waals surface area contributed by atoms with Crippen molar-refractivity contribution in [2.45, 2.75) is 26.2 Å². The van der Waals surface area contributed by atoms with Crippen molar-refractivity contribution < 1.29 is 19.1 Å². The SMILES string of the molecule is COC(=O)c1cc(C)cc(NC(=O)CC(=O)C2CC2)c1. The highest BCUT2D eigenvalue weighted by Crippen LogP contribution is 2.30. The summed E-state index contributed by atoms with van der Waals surface area (Å²) in [6.07, 6.45) is 1.68. The van der Waals surface area contributed by atoms with Gasteiger partial charge in [0.1, 0.15) is 5.78 Å². The van der Waals surface area contributed by atoms with Gasteiger partial charge in [-0.3, -0.25) is 9.59 Å². The van der Waals surface area contributed by atoms with E-state index in [0.29, 0.717) is 11.3 Å². The van der Waals surface area contributed by atoms with Crippen LogP contribution in [-0.4, -0.2) is 24.8 Å². The van der Waals surface area contributed by atoms with Gasteiger partial charge in [-0.25, -0.2) is 4.79 Å². The molecule has 0 aliphatic heterocycles. The van der Waals surface area contributed by atoms with Gasteiger partial charge < -0.3 is 10.1 Å². The number of amides is 1. The second kappa shape index (κ2) is 5.86. The summed E-state index contributed by atoms with van der Waals surface area (Å²) in [6, 6.07) is 4.96. The highest BCUT2D eigenvalue weighted by Gasteiger charge is 2.30. The standard InChI is InChI=1S/C15H17NO4/c1-9-5-11(15(19)20-2)7-12(6-9)16-14(18)8-13(17)10-3-4-10/h5-7,10H,3-4,8H2,1-2H3,(H,16,18). The molecule has 5 heteroatoms. The van der Waals surface area contributed by atoms with Crippen LogP contribution in [0.4, 0.5) is 5.69 Å². The van der Waals surface area contributed by atoms with Gasteiger partial charge in [-0.1, -0.05) is 0 Å². The summed E-state index contributed by atoms with van der Waals surface area (Å²) in [5.41, 5.74) is 1.70. The topological polar surface area (TPSA) is 72.5 Å². The molecular formula is C15H17NO4. The van der Waals surface area contributed by atoms with Crippen molar-refractivity contribution in [1.82, 2.24) is 0 Å². The molecule has 1 amide bonds. The number of hydrogen-bond acceptors (Lipinski definition) is 4. The second-order valence-electron chi connectivity index (χ2n) is 5.04. The Balaban J connectivity index is 2.04. The van der Waals surface area contributed by atoms with E-state index in [9.17, 15) is 14.4 Å². The van der Waals surface area contributed by atoms with E-state index in [1.54, 1.807) is 18.2 Å². The molecule has 0 spiro atoms. The number of benzene rings is 1. The van der Waals surface area contributed by atoms with Gasteiger partial charge in [0.05, 0.1) is 19.1 Å². The third kappa shape index (κ3) is 3.66. The normalized spacial score (nSPS) is 13.7. The zero-order valence-corrected chi connectivity index (χ0v) is 11.6. The molecule has 0 saturated heterocycles. The van der Waals surface area contributed by atoms with Crippen LogP contribution in [0.3, 0.4) is 0 Å². The fourth-order valence-corrected chi connectivity index (χ4v) is 2.00. The molecule has 1 aromatic carbocycles. The van der Waals surface area contributed by atoms with E-state index in [4.69, 9.17) is 0 Å². The highest BCUT2D eigenvalue weighted by molar-refractivity contribution is 6.06. The van der Waals surface area contributed by atoms with Gasteiger partial charge in [-0.05, 0) is 43.5 Å². The third-order valence-electron chi connectivity index (χ3n) is 3.15. The summed E-state index contributed by atoms with van der Waals surface area (Å²) in [4.78, 5) is 34.8. The Kier molecular flexibility index (Phi) is 4.17. The minimum absolute atomic E-state index is 0.0108. The molecule has 20 heavy (non-hydrogen) atoms. The van der Waals surface area contributed by atoms with Crippen LogP contribution in [0.15, 0.2) is 18.2 Å². The largest absolute Gasteiger partial charge is 0.465 e. The average Bonchev–Trinajstić information content (AvgIpc) is 3.20. The number of ether oxygens (including phenoxy) is 1. The van der Waals surface area contributed by atoms with E-state index in [-0.39, 0.29) is 24.0 Å². The smallest absolute Gasteiger partial charge is 0.337 e. The zero-order valence-electron chi connectivity index (χ0n) is 11.6. The van der Waals surface area contributed by atoms with E-state index in [1.165, 1.54) is 7.11 Å². The number of esters is 1. The van der Waals surface area contributed by atoms with E-state index < -0.39 is 5.97 Å². The van der Waals surface area contributed by atoms with Crippen molar-refractivity contribution in [2.75, 3.05) is 12.4 Å². The van der Waals surface area contributed by atoms with Crippen molar-refractivity contribution in [2.24, 2.45) is 5.92 Å². The molecule has 0 radical (unpaired) electrons. The molecule has 1 aliphatic rings. The van der Waals surface area contributed by atoms with Crippen molar-refractivity contribution >= 4 is 23.3 Å². The molecule has 1 aliphatic carbocycles. The number of methoxy groups -OCH3 is 1. The lowest BCUT2D eigenvalue weighted by Crippen LogP contribution is -2.17. The summed E-state index contributed by atoms with van der Waals surface area (Å²) in [5.74, 6) is -0.742.